The number of carbonyl (C=O) groups excluding carboxylic acids is 1. The Morgan fingerprint density at radius 2 is 2.03 bits per heavy atom. The van der Waals surface area contributed by atoms with Crippen molar-refractivity contribution >= 4 is 11.6 Å². The fraction of sp³-hybridized carbons (Fsp3) is 0.227. The van der Waals surface area contributed by atoms with E-state index in [9.17, 15) is 10.1 Å². The molecule has 0 saturated heterocycles. The Morgan fingerprint density at radius 3 is 2.87 bits per heavy atom. The molecular weight excluding hydrogens is 382 g/mol. The highest BCUT2D eigenvalue weighted by Gasteiger charge is 2.20. The Balaban J connectivity index is 1.46. The van der Waals surface area contributed by atoms with Gasteiger partial charge in [-0.3, -0.25) is 9.48 Å². The Bertz CT molecular complexity index is 1150. The second-order valence-corrected chi connectivity index (χ2v) is 7.07. The molecule has 8 heteroatoms. The lowest BCUT2D eigenvalue weighted by atomic mass is 9.98. The first-order valence-corrected chi connectivity index (χ1v) is 9.75. The Hall–Kier alpha value is -3.83. The van der Waals surface area contributed by atoms with Crippen molar-refractivity contribution < 1.29 is 14.3 Å². The van der Waals surface area contributed by atoms with E-state index in [0.717, 1.165) is 24.3 Å². The summed E-state index contributed by atoms with van der Waals surface area (Å²) in [7, 11) is 0. The van der Waals surface area contributed by atoms with Gasteiger partial charge in [0.15, 0.2) is 17.2 Å². The maximum absolute atomic E-state index is 12.8. The van der Waals surface area contributed by atoms with Gasteiger partial charge >= 0.3 is 0 Å². The van der Waals surface area contributed by atoms with Crippen LogP contribution < -0.4 is 20.1 Å². The van der Waals surface area contributed by atoms with E-state index in [1.54, 1.807) is 12.1 Å². The Morgan fingerprint density at radius 1 is 1.17 bits per heavy atom. The second kappa shape index (κ2) is 7.54. The first-order valence-electron chi connectivity index (χ1n) is 9.75. The van der Waals surface area contributed by atoms with Crippen LogP contribution in [0, 0.1) is 11.3 Å². The molecule has 5 rings (SSSR count). The molecule has 3 aromatic rings. The van der Waals surface area contributed by atoms with Crippen LogP contribution >= 0.6 is 0 Å². The molecule has 0 aliphatic carbocycles. The van der Waals surface area contributed by atoms with E-state index in [2.05, 4.69) is 21.8 Å². The van der Waals surface area contributed by atoms with Gasteiger partial charge in [-0.2, -0.15) is 10.4 Å². The summed E-state index contributed by atoms with van der Waals surface area (Å²) < 4.78 is 13.1. The molecule has 0 fully saturated rings. The maximum Gasteiger partial charge on any atom is 0.276 e. The largest absolute Gasteiger partial charge is 0.486 e. The van der Waals surface area contributed by atoms with Crippen LogP contribution in [0.1, 0.15) is 21.7 Å². The molecular formula is C22H19N5O3. The van der Waals surface area contributed by atoms with Gasteiger partial charge < -0.3 is 20.1 Å². The van der Waals surface area contributed by atoms with Gasteiger partial charge in [-0.25, -0.2) is 0 Å². The number of hydrogen-bond acceptors (Lipinski definition) is 6. The number of anilines is 1. The molecule has 2 aliphatic heterocycles. The SMILES string of the molecule is N#Cc1c(NC(=O)c2cc3n(n2)CCNC3)cccc1-c1ccc2c(c1)OCCO2. The van der Waals surface area contributed by atoms with Crippen LogP contribution in [-0.2, 0) is 13.1 Å². The molecule has 0 unspecified atom stereocenters. The van der Waals surface area contributed by atoms with Crippen molar-refractivity contribution in [2.75, 3.05) is 25.1 Å². The zero-order valence-electron chi connectivity index (χ0n) is 16.1. The zero-order chi connectivity index (χ0) is 20.5. The summed E-state index contributed by atoms with van der Waals surface area (Å²) in [6.45, 7) is 3.24. The van der Waals surface area contributed by atoms with E-state index in [-0.39, 0.29) is 5.91 Å². The maximum atomic E-state index is 12.8. The molecule has 0 bridgehead atoms. The number of hydrogen-bond donors (Lipinski definition) is 2. The number of ether oxygens (including phenoxy) is 2. The molecule has 0 radical (unpaired) electrons. The molecule has 2 N–H and O–H groups in total. The highest BCUT2D eigenvalue weighted by Crippen LogP contribution is 2.37. The van der Waals surface area contributed by atoms with E-state index in [0.29, 0.717) is 53.8 Å². The third-order valence-electron chi connectivity index (χ3n) is 5.18. The van der Waals surface area contributed by atoms with E-state index in [4.69, 9.17) is 9.47 Å². The lowest BCUT2D eigenvalue weighted by Gasteiger charge is -2.19. The molecule has 30 heavy (non-hydrogen) atoms. The fourth-order valence-electron chi connectivity index (χ4n) is 3.72. The van der Waals surface area contributed by atoms with Crippen molar-refractivity contribution in [1.29, 1.82) is 5.26 Å². The van der Waals surface area contributed by atoms with E-state index in [1.165, 1.54) is 0 Å². The highest BCUT2D eigenvalue weighted by molar-refractivity contribution is 6.04. The normalized spacial score (nSPS) is 14.5. The van der Waals surface area contributed by atoms with Crippen LogP contribution in [-0.4, -0.2) is 35.4 Å². The van der Waals surface area contributed by atoms with Crippen molar-refractivity contribution in [2.45, 2.75) is 13.1 Å². The number of fused-ring (bicyclic) bond motifs is 2. The molecule has 1 aromatic heterocycles. The van der Waals surface area contributed by atoms with Crippen LogP contribution in [0.2, 0.25) is 0 Å². The van der Waals surface area contributed by atoms with Crippen molar-refractivity contribution in [1.82, 2.24) is 15.1 Å². The standard InChI is InChI=1S/C22H19N5O3/c23-12-17-16(14-4-5-20-21(10-14)30-9-8-29-20)2-1-3-18(17)25-22(28)19-11-15-13-24-6-7-27(15)26-19/h1-5,10-11,24H,6-9,13H2,(H,25,28). The van der Waals surface area contributed by atoms with Crippen LogP contribution in [0.4, 0.5) is 5.69 Å². The van der Waals surface area contributed by atoms with E-state index >= 15 is 0 Å². The minimum atomic E-state index is -0.340. The van der Waals surface area contributed by atoms with Crippen molar-refractivity contribution in [2.24, 2.45) is 0 Å². The molecule has 0 spiro atoms. The number of amides is 1. The van der Waals surface area contributed by atoms with Crippen molar-refractivity contribution in [3.8, 4) is 28.7 Å². The average molecular weight is 401 g/mol. The summed E-state index contributed by atoms with van der Waals surface area (Å²) in [5.74, 6) is 0.994. The molecule has 0 saturated carbocycles. The number of nitriles is 1. The van der Waals surface area contributed by atoms with Gasteiger partial charge in [0.05, 0.1) is 23.5 Å². The minimum Gasteiger partial charge on any atom is -0.486 e. The predicted molar refractivity (Wildman–Crippen MR) is 109 cm³/mol. The Kier molecular flexibility index (Phi) is 4.58. The summed E-state index contributed by atoms with van der Waals surface area (Å²) >= 11 is 0. The number of nitrogens with zero attached hydrogens (tertiary/aromatic N) is 3. The van der Waals surface area contributed by atoms with Gasteiger partial charge in [0.2, 0.25) is 0 Å². The molecule has 8 nitrogen and oxygen atoms in total. The highest BCUT2D eigenvalue weighted by atomic mass is 16.6. The smallest absolute Gasteiger partial charge is 0.276 e. The van der Waals surface area contributed by atoms with Crippen LogP contribution in [0.15, 0.2) is 42.5 Å². The topological polar surface area (TPSA) is 101 Å². The summed E-state index contributed by atoms with van der Waals surface area (Å²) in [6, 6.07) is 14.9. The molecule has 0 atom stereocenters. The molecule has 1 amide bonds. The van der Waals surface area contributed by atoms with Gasteiger partial charge in [-0.15, -0.1) is 0 Å². The zero-order valence-corrected chi connectivity index (χ0v) is 16.1. The molecule has 2 aliphatic rings. The first kappa shape index (κ1) is 18.2. The average Bonchev–Trinajstić information content (AvgIpc) is 3.23. The van der Waals surface area contributed by atoms with Crippen LogP contribution in [0.5, 0.6) is 11.5 Å². The summed E-state index contributed by atoms with van der Waals surface area (Å²) in [5.41, 5.74) is 3.66. The number of rotatable bonds is 3. The Labute approximate surface area is 173 Å². The van der Waals surface area contributed by atoms with E-state index in [1.807, 2.05) is 35.0 Å². The minimum absolute atomic E-state index is 0.335. The van der Waals surface area contributed by atoms with Gasteiger partial charge in [0.25, 0.3) is 5.91 Å². The molecule has 2 aromatic carbocycles. The monoisotopic (exact) mass is 401 g/mol. The second-order valence-electron chi connectivity index (χ2n) is 7.07. The quantitative estimate of drug-likeness (QED) is 0.700. The molecule has 3 heterocycles. The van der Waals surface area contributed by atoms with Gasteiger partial charge in [-0.1, -0.05) is 18.2 Å². The van der Waals surface area contributed by atoms with E-state index < -0.39 is 0 Å². The number of carbonyl (C=O) groups is 1. The first-order chi connectivity index (χ1) is 14.7. The van der Waals surface area contributed by atoms with Crippen LogP contribution in [0.25, 0.3) is 11.1 Å². The van der Waals surface area contributed by atoms with Crippen LogP contribution in [0.3, 0.4) is 0 Å². The van der Waals surface area contributed by atoms with Gasteiger partial charge in [0, 0.05) is 18.7 Å². The van der Waals surface area contributed by atoms with Crippen molar-refractivity contribution in [3.63, 3.8) is 0 Å². The fourth-order valence-corrected chi connectivity index (χ4v) is 3.72. The summed E-state index contributed by atoms with van der Waals surface area (Å²) in [6.07, 6.45) is 0. The molecule has 150 valence electrons. The number of aromatic nitrogens is 2. The number of nitrogens with one attached hydrogen (secondary N) is 2. The third-order valence-corrected chi connectivity index (χ3v) is 5.18. The van der Waals surface area contributed by atoms with Gasteiger partial charge in [-0.05, 0) is 29.8 Å². The summed E-state index contributed by atoms with van der Waals surface area (Å²) in [4.78, 5) is 12.8. The lowest BCUT2D eigenvalue weighted by Crippen LogP contribution is -2.28. The third kappa shape index (κ3) is 3.25. The lowest BCUT2D eigenvalue weighted by molar-refractivity contribution is 0.102. The number of benzene rings is 2. The van der Waals surface area contributed by atoms with Gasteiger partial charge in [0.1, 0.15) is 19.3 Å². The predicted octanol–water partition coefficient (Wildman–Crippen LogP) is 2.55. The summed E-state index contributed by atoms with van der Waals surface area (Å²) in [5, 5.41) is 20.3. The van der Waals surface area contributed by atoms with Crippen molar-refractivity contribution in [3.05, 3.63) is 59.4 Å².